The van der Waals surface area contributed by atoms with Gasteiger partial charge in [-0.2, -0.15) is 5.10 Å². The van der Waals surface area contributed by atoms with Gasteiger partial charge in [-0.3, -0.25) is 19.9 Å². The number of aromatic amines is 1. The third-order valence-electron chi connectivity index (χ3n) is 4.50. The van der Waals surface area contributed by atoms with Crippen molar-refractivity contribution in [2.45, 2.75) is 6.54 Å². The van der Waals surface area contributed by atoms with Gasteiger partial charge in [0.25, 0.3) is 5.91 Å². The molecule has 4 aromatic rings. The molecule has 4 rings (SSSR count). The van der Waals surface area contributed by atoms with E-state index in [4.69, 9.17) is 0 Å². The van der Waals surface area contributed by atoms with Crippen LogP contribution in [0, 0.1) is 11.6 Å². The van der Waals surface area contributed by atoms with Crippen molar-refractivity contribution in [3.63, 3.8) is 0 Å². The molecular formula is C21H18F2N6O. The normalized spacial score (nSPS) is 11.2. The number of amides is 1. The minimum Gasteiger partial charge on any atom is -0.316 e. The van der Waals surface area contributed by atoms with E-state index in [0.717, 1.165) is 35.6 Å². The van der Waals surface area contributed by atoms with E-state index in [2.05, 4.69) is 25.5 Å². The predicted octanol–water partition coefficient (Wildman–Crippen LogP) is 3.61. The molecule has 0 aliphatic heterocycles. The Labute approximate surface area is 170 Å². The molecule has 3 aromatic heterocycles. The standard InChI is InChI=1S/C21H18F2N6O/c1-29(2)11-12-5-14(8-24-7-12)13-3-4-18-15(6-13)19(28-27-18)21(30)26-20-16(22)9-25-10-17(20)23/h3-10H,11H2,1-2H3,(H,27,28)(H,25,26,30). The fourth-order valence-corrected chi connectivity index (χ4v) is 3.17. The summed E-state index contributed by atoms with van der Waals surface area (Å²) in [6.07, 6.45) is 5.19. The van der Waals surface area contributed by atoms with Crippen molar-refractivity contribution in [1.29, 1.82) is 0 Å². The summed E-state index contributed by atoms with van der Waals surface area (Å²) in [7, 11) is 3.95. The van der Waals surface area contributed by atoms with E-state index in [1.54, 1.807) is 24.5 Å². The Balaban J connectivity index is 1.69. The first-order chi connectivity index (χ1) is 14.4. The summed E-state index contributed by atoms with van der Waals surface area (Å²) in [6.45, 7) is 0.742. The van der Waals surface area contributed by atoms with Crippen molar-refractivity contribution in [1.82, 2.24) is 25.1 Å². The average Bonchev–Trinajstić information content (AvgIpc) is 3.14. The molecule has 0 bridgehead atoms. The van der Waals surface area contributed by atoms with Crippen LogP contribution in [0.4, 0.5) is 14.5 Å². The minimum atomic E-state index is -0.965. The maximum atomic E-state index is 13.8. The van der Waals surface area contributed by atoms with Crippen LogP contribution < -0.4 is 5.32 Å². The Kier molecular flexibility index (Phi) is 5.20. The second-order valence-electron chi connectivity index (χ2n) is 7.08. The predicted molar refractivity (Wildman–Crippen MR) is 109 cm³/mol. The van der Waals surface area contributed by atoms with E-state index >= 15 is 0 Å². The van der Waals surface area contributed by atoms with Crippen LogP contribution >= 0.6 is 0 Å². The van der Waals surface area contributed by atoms with E-state index in [-0.39, 0.29) is 5.69 Å². The van der Waals surface area contributed by atoms with Crippen molar-refractivity contribution in [3.8, 4) is 11.1 Å². The molecule has 1 amide bonds. The molecule has 1 aromatic carbocycles. The highest BCUT2D eigenvalue weighted by molar-refractivity contribution is 6.11. The number of nitrogens with one attached hydrogen (secondary N) is 2. The number of hydrogen-bond donors (Lipinski definition) is 2. The maximum Gasteiger partial charge on any atom is 0.276 e. The van der Waals surface area contributed by atoms with Crippen LogP contribution in [0.25, 0.3) is 22.0 Å². The maximum absolute atomic E-state index is 13.8. The SMILES string of the molecule is CN(C)Cc1cncc(-c2ccc3[nH]nc(C(=O)Nc4c(F)cncc4F)c3c2)c1. The Morgan fingerprint density at radius 3 is 2.50 bits per heavy atom. The lowest BCUT2D eigenvalue weighted by Crippen LogP contribution is -2.15. The van der Waals surface area contributed by atoms with E-state index < -0.39 is 23.2 Å². The number of aromatic nitrogens is 4. The third kappa shape index (κ3) is 3.87. The second-order valence-corrected chi connectivity index (χ2v) is 7.08. The van der Waals surface area contributed by atoms with Gasteiger partial charge in [0.05, 0.1) is 17.9 Å². The zero-order valence-corrected chi connectivity index (χ0v) is 16.3. The molecule has 7 nitrogen and oxygen atoms in total. The van der Waals surface area contributed by atoms with E-state index in [1.165, 1.54) is 0 Å². The van der Waals surface area contributed by atoms with Gasteiger partial charge in [0.1, 0.15) is 5.69 Å². The zero-order valence-electron chi connectivity index (χ0n) is 16.3. The van der Waals surface area contributed by atoms with Crippen LogP contribution in [0.2, 0.25) is 0 Å². The summed E-state index contributed by atoms with van der Waals surface area (Å²) in [6, 6.07) is 7.50. The molecule has 0 saturated heterocycles. The molecule has 0 unspecified atom stereocenters. The van der Waals surface area contributed by atoms with Gasteiger partial charge in [-0.1, -0.05) is 6.07 Å². The zero-order chi connectivity index (χ0) is 21.3. The number of H-pyrrole nitrogens is 1. The highest BCUT2D eigenvalue weighted by Crippen LogP contribution is 2.27. The van der Waals surface area contributed by atoms with E-state index in [9.17, 15) is 13.6 Å². The lowest BCUT2D eigenvalue weighted by Gasteiger charge is -2.10. The number of rotatable bonds is 5. The van der Waals surface area contributed by atoms with Crippen molar-refractivity contribution in [2.24, 2.45) is 0 Å². The molecule has 2 N–H and O–H groups in total. The summed E-state index contributed by atoms with van der Waals surface area (Å²) >= 11 is 0. The van der Waals surface area contributed by atoms with Gasteiger partial charge >= 0.3 is 0 Å². The number of pyridine rings is 2. The van der Waals surface area contributed by atoms with E-state index in [1.807, 2.05) is 31.1 Å². The molecule has 0 aliphatic carbocycles. The first-order valence-electron chi connectivity index (χ1n) is 9.10. The lowest BCUT2D eigenvalue weighted by atomic mass is 10.0. The third-order valence-corrected chi connectivity index (χ3v) is 4.50. The number of carbonyl (C=O) groups excluding carboxylic acids is 1. The monoisotopic (exact) mass is 408 g/mol. The Hall–Kier alpha value is -3.72. The number of hydrogen-bond acceptors (Lipinski definition) is 5. The Morgan fingerprint density at radius 1 is 1.03 bits per heavy atom. The molecule has 0 aliphatic rings. The molecular weight excluding hydrogens is 390 g/mol. The minimum absolute atomic E-state index is 0.0277. The molecule has 152 valence electrons. The van der Waals surface area contributed by atoms with Crippen LogP contribution in [0.1, 0.15) is 16.1 Å². The molecule has 0 fully saturated rings. The summed E-state index contributed by atoms with van der Waals surface area (Å²) in [4.78, 5) is 22.4. The highest BCUT2D eigenvalue weighted by Gasteiger charge is 2.19. The topological polar surface area (TPSA) is 86.8 Å². The summed E-state index contributed by atoms with van der Waals surface area (Å²) in [5.41, 5.74) is 2.86. The molecule has 0 atom stereocenters. The van der Waals surface area contributed by atoms with Crippen LogP contribution in [-0.4, -0.2) is 45.1 Å². The number of carbonyl (C=O) groups is 1. The van der Waals surface area contributed by atoms with Crippen LogP contribution in [-0.2, 0) is 6.54 Å². The van der Waals surface area contributed by atoms with Crippen molar-refractivity contribution in [3.05, 3.63) is 71.9 Å². The number of fused-ring (bicyclic) bond motifs is 1. The van der Waals surface area contributed by atoms with Crippen LogP contribution in [0.15, 0.2) is 49.1 Å². The first kappa shape index (κ1) is 19.6. The van der Waals surface area contributed by atoms with Crippen molar-refractivity contribution < 1.29 is 13.6 Å². The molecule has 30 heavy (non-hydrogen) atoms. The van der Waals surface area contributed by atoms with Gasteiger partial charge in [-0.15, -0.1) is 0 Å². The molecule has 9 heteroatoms. The number of benzene rings is 1. The van der Waals surface area contributed by atoms with Crippen LogP contribution in [0.5, 0.6) is 0 Å². The molecule has 3 heterocycles. The smallest absolute Gasteiger partial charge is 0.276 e. The molecule has 0 spiro atoms. The van der Waals surface area contributed by atoms with Gasteiger partial charge in [0, 0.05) is 29.9 Å². The first-order valence-corrected chi connectivity index (χ1v) is 9.10. The van der Waals surface area contributed by atoms with Gasteiger partial charge in [-0.05, 0) is 43.4 Å². The molecule has 0 saturated carbocycles. The number of halogens is 2. The number of anilines is 1. The Bertz CT molecular complexity index is 1220. The highest BCUT2D eigenvalue weighted by atomic mass is 19.1. The van der Waals surface area contributed by atoms with Gasteiger partial charge in [0.15, 0.2) is 17.3 Å². The van der Waals surface area contributed by atoms with E-state index in [0.29, 0.717) is 10.9 Å². The fraction of sp³-hybridized carbons (Fsp3) is 0.143. The van der Waals surface area contributed by atoms with Gasteiger partial charge in [0.2, 0.25) is 0 Å². The summed E-state index contributed by atoms with van der Waals surface area (Å²) in [5, 5.41) is 9.55. The van der Waals surface area contributed by atoms with Crippen LogP contribution in [0.3, 0.4) is 0 Å². The van der Waals surface area contributed by atoms with Crippen molar-refractivity contribution in [2.75, 3.05) is 19.4 Å². The fourth-order valence-electron chi connectivity index (χ4n) is 3.17. The van der Waals surface area contributed by atoms with Gasteiger partial charge in [-0.25, -0.2) is 8.78 Å². The molecule has 0 radical (unpaired) electrons. The van der Waals surface area contributed by atoms with Crippen molar-refractivity contribution >= 4 is 22.5 Å². The second kappa shape index (κ2) is 7.96. The summed E-state index contributed by atoms with van der Waals surface area (Å²) in [5.74, 6) is -2.66. The largest absolute Gasteiger partial charge is 0.316 e. The quantitative estimate of drug-likeness (QED) is 0.527. The average molecular weight is 408 g/mol. The Morgan fingerprint density at radius 2 is 1.77 bits per heavy atom. The summed E-state index contributed by atoms with van der Waals surface area (Å²) < 4.78 is 27.6. The van der Waals surface area contributed by atoms with Gasteiger partial charge < -0.3 is 10.2 Å². The lowest BCUT2D eigenvalue weighted by molar-refractivity contribution is 0.102. The number of nitrogens with zero attached hydrogens (tertiary/aromatic N) is 4.